The van der Waals surface area contributed by atoms with E-state index in [1.165, 1.54) is 47.9 Å². The Bertz CT molecular complexity index is 561. The first-order valence-electron chi connectivity index (χ1n) is 8.31. The van der Waals surface area contributed by atoms with Crippen molar-refractivity contribution < 1.29 is 5.11 Å². The molecule has 5 unspecified atom stereocenters. The zero-order valence-corrected chi connectivity index (χ0v) is 12.9. The third-order valence-electron chi connectivity index (χ3n) is 6.80. The van der Waals surface area contributed by atoms with E-state index in [1.807, 2.05) is 0 Å². The molecule has 0 aromatic heterocycles. The number of hydrogen-bond acceptors (Lipinski definition) is 1. The van der Waals surface area contributed by atoms with Crippen LogP contribution < -0.4 is 0 Å². The van der Waals surface area contributed by atoms with Gasteiger partial charge in [-0.1, -0.05) is 18.6 Å². The Kier molecular flexibility index (Phi) is 2.64. The monoisotopic (exact) mass is 270 g/mol. The molecule has 0 aliphatic heterocycles. The molecule has 3 aliphatic carbocycles. The van der Waals surface area contributed by atoms with Crippen LogP contribution in [-0.4, -0.2) is 5.11 Å². The molecular weight excluding hydrogens is 244 g/mol. The normalized spacial score (nSPS) is 42.2. The van der Waals surface area contributed by atoms with E-state index in [0.717, 1.165) is 24.2 Å². The van der Waals surface area contributed by atoms with Gasteiger partial charge in [0.05, 0.1) is 5.60 Å². The predicted octanol–water partition coefficient (Wildman–Crippen LogP) is 4.26. The molecule has 4 rings (SSSR count). The van der Waals surface area contributed by atoms with Crippen LogP contribution in [0.15, 0.2) is 12.1 Å². The maximum Gasteiger partial charge on any atom is 0.0932 e. The number of rotatable bonds is 1. The highest BCUT2D eigenvalue weighted by Gasteiger charge is 2.61. The maximum absolute atomic E-state index is 11.5. The Hall–Kier alpha value is -0.820. The van der Waals surface area contributed by atoms with E-state index in [4.69, 9.17) is 0 Å². The molecule has 1 aromatic rings. The average Bonchev–Trinajstić information content (AvgIpc) is 3.04. The van der Waals surface area contributed by atoms with E-state index in [-0.39, 0.29) is 0 Å². The van der Waals surface area contributed by atoms with E-state index in [9.17, 15) is 5.11 Å². The molecule has 3 saturated carbocycles. The molecule has 1 aromatic carbocycles. The van der Waals surface area contributed by atoms with Gasteiger partial charge in [-0.05, 0) is 92.4 Å². The van der Waals surface area contributed by atoms with Crippen molar-refractivity contribution in [2.75, 3.05) is 0 Å². The number of fused-ring (bicyclic) bond motifs is 5. The van der Waals surface area contributed by atoms with Crippen LogP contribution in [0.5, 0.6) is 0 Å². The molecule has 108 valence electrons. The van der Waals surface area contributed by atoms with E-state index >= 15 is 0 Å². The lowest BCUT2D eigenvalue weighted by Gasteiger charge is -2.40. The van der Waals surface area contributed by atoms with Crippen molar-refractivity contribution >= 4 is 0 Å². The molecule has 0 saturated heterocycles. The summed E-state index contributed by atoms with van der Waals surface area (Å²) in [6, 6.07) is 4.54. The summed E-state index contributed by atoms with van der Waals surface area (Å²) in [6.45, 7) is 6.52. The molecule has 3 fully saturated rings. The summed E-state index contributed by atoms with van der Waals surface area (Å²) in [5.74, 6) is 3.06. The van der Waals surface area contributed by atoms with Crippen LogP contribution in [0.2, 0.25) is 0 Å². The van der Waals surface area contributed by atoms with Crippen LogP contribution in [0, 0.1) is 44.4 Å². The molecule has 1 N–H and O–H groups in total. The van der Waals surface area contributed by atoms with Crippen LogP contribution in [0.3, 0.4) is 0 Å². The summed E-state index contributed by atoms with van der Waals surface area (Å²) in [6.07, 6.45) is 6.47. The topological polar surface area (TPSA) is 20.2 Å². The summed E-state index contributed by atoms with van der Waals surface area (Å²) in [4.78, 5) is 0. The van der Waals surface area contributed by atoms with E-state index < -0.39 is 5.60 Å². The first kappa shape index (κ1) is 12.9. The molecule has 1 nitrogen and oxygen atoms in total. The Labute approximate surface area is 122 Å². The largest absolute Gasteiger partial charge is 0.385 e. The van der Waals surface area contributed by atoms with Crippen LogP contribution in [0.1, 0.15) is 54.4 Å². The van der Waals surface area contributed by atoms with Gasteiger partial charge in [-0.15, -0.1) is 0 Å². The minimum Gasteiger partial charge on any atom is -0.385 e. The minimum absolute atomic E-state index is 0.529. The summed E-state index contributed by atoms with van der Waals surface area (Å²) >= 11 is 0. The van der Waals surface area contributed by atoms with Gasteiger partial charge >= 0.3 is 0 Å². The first-order valence-corrected chi connectivity index (χ1v) is 8.31. The molecule has 3 aliphatic rings. The molecule has 0 spiro atoms. The number of hydrogen-bond donors (Lipinski definition) is 1. The third-order valence-corrected chi connectivity index (χ3v) is 6.80. The highest BCUT2D eigenvalue weighted by atomic mass is 16.3. The summed E-state index contributed by atoms with van der Waals surface area (Å²) in [5.41, 5.74) is 4.66. The van der Waals surface area contributed by atoms with Crippen LogP contribution in [0.4, 0.5) is 0 Å². The Morgan fingerprint density at radius 1 is 1.00 bits per heavy atom. The summed E-state index contributed by atoms with van der Waals surface area (Å²) < 4.78 is 0. The molecule has 0 radical (unpaired) electrons. The molecular formula is C19H26O. The molecule has 2 bridgehead atoms. The van der Waals surface area contributed by atoms with Gasteiger partial charge in [0.2, 0.25) is 0 Å². The van der Waals surface area contributed by atoms with Crippen LogP contribution >= 0.6 is 0 Å². The van der Waals surface area contributed by atoms with Crippen LogP contribution in [-0.2, 0) is 5.60 Å². The highest BCUT2D eigenvalue weighted by molar-refractivity contribution is 5.41. The SMILES string of the molecule is Cc1cc(C)c(C2(O)CC3CC2C2CCCC32)cc1C. The molecule has 0 heterocycles. The minimum atomic E-state index is -0.529. The van der Waals surface area contributed by atoms with Gasteiger partial charge in [0.25, 0.3) is 0 Å². The lowest BCUT2D eigenvalue weighted by molar-refractivity contribution is -0.0517. The lowest BCUT2D eigenvalue weighted by Crippen LogP contribution is -2.39. The van der Waals surface area contributed by atoms with Gasteiger partial charge in [0, 0.05) is 0 Å². The second-order valence-electron chi connectivity index (χ2n) is 7.74. The fraction of sp³-hybridized carbons (Fsp3) is 0.684. The van der Waals surface area contributed by atoms with Gasteiger partial charge in [0.1, 0.15) is 0 Å². The van der Waals surface area contributed by atoms with Gasteiger partial charge < -0.3 is 5.11 Å². The van der Waals surface area contributed by atoms with E-state index in [2.05, 4.69) is 32.9 Å². The fourth-order valence-electron chi connectivity index (χ4n) is 5.85. The maximum atomic E-state index is 11.5. The zero-order chi connectivity index (χ0) is 14.1. The van der Waals surface area contributed by atoms with Gasteiger partial charge in [-0.25, -0.2) is 0 Å². The number of aryl methyl sites for hydroxylation is 3. The Morgan fingerprint density at radius 2 is 1.70 bits per heavy atom. The second-order valence-corrected chi connectivity index (χ2v) is 7.74. The zero-order valence-electron chi connectivity index (χ0n) is 12.9. The van der Waals surface area contributed by atoms with Crippen molar-refractivity contribution in [2.45, 2.75) is 58.5 Å². The van der Waals surface area contributed by atoms with Gasteiger partial charge in [0.15, 0.2) is 0 Å². The van der Waals surface area contributed by atoms with Crippen molar-refractivity contribution in [2.24, 2.45) is 23.7 Å². The smallest absolute Gasteiger partial charge is 0.0932 e. The second kappa shape index (κ2) is 4.10. The molecule has 20 heavy (non-hydrogen) atoms. The quantitative estimate of drug-likeness (QED) is 0.808. The van der Waals surface area contributed by atoms with Gasteiger partial charge in [-0.2, -0.15) is 0 Å². The molecule has 1 heteroatoms. The third kappa shape index (κ3) is 1.53. The van der Waals surface area contributed by atoms with Crippen molar-refractivity contribution in [1.82, 2.24) is 0 Å². The van der Waals surface area contributed by atoms with E-state index in [1.54, 1.807) is 0 Å². The number of aliphatic hydroxyl groups is 1. The number of benzene rings is 1. The molecule has 5 atom stereocenters. The first-order chi connectivity index (χ1) is 9.50. The highest BCUT2D eigenvalue weighted by Crippen LogP contribution is 2.65. The standard InChI is InChI=1S/C19H26O/c1-11-7-13(3)17(8-12(11)2)19(20)10-14-9-18(19)16-6-4-5-15(14)16/h7-8,14-16,18,20H,4-6,9-10H2,1-3H3. The Balaban J connectivity index is 1.77. The van der Waals surface area contributed by atoms with E-state index in [0.29, 0.717) is 5.92 Å². The summed E-state index contributed by atoms with van der Waals surface area (Å²) in [5, 5.41) is 11.5. The van der Waals surface area contributed by atoms with Crippen molar-refractivity contribution in [3.63, 3.8) is 0 Å². The van der Waals surface area contributed by atoms with Crippen molar-refractivity contribution in [3.8, 4) is 0 Å². The van der Waals surface area contributed by atoms with Crippen LogP contribution in [0.25, 0.3) is 0 Å². The fourth-order valence-corrected chi connectivity index (χ4v) is 5.85. The van der Waals surface area contributed by atoms with Crippen molar-refractivity contribution in [3.05, 3.63) is 34.4 Å². The predicted molar refractivity (Wildman–Crippen MR) is 81.6 cm³/mol. The average molecular weight is 270 g/mol. The summed E-state index contributed by atoms with van der Waals surface area (Å²) in [7, 11) is 0. The van der Waals surface area contributed by atoms with Crippen molar-refractivity contribution in [1.29, 1.82) is 0 Å². The Morgan fingerprint density at radius 3 is 2.50 bits per heavy atom. The lowest BCUT2D eigenvalue weighted by atomic mass is 9.69. The van der Waals surface area contributed by atoms with Gasteiger partial charge in [-0.3, -0.25) is 0 Å². The molecule has 0 amide bonds.